The summed E-state index contributed by atoms with van der Waals surface area (Å²) in [5.74, 6) is -1.16. The van der Waals surface area contributed by atoms with Gasteiger partial charge in [0.2, 0.25) is 0 Å². The summed E-state index contributed by atoms with van der Waals surface area (Å²) in [6, 6.07) is 4.27. The van der Waals surface area contributed by atoms with Crippen LogP contribution in [0.2, 0.25) is 0 Å². The van der Waals surface area contributed by atoms with Gasteiger partial charge in [-0.1, -0.05) is 0 Å². The van der Waals surface area contributed by atoms with Crippen molar-refractivity contribution >= 4 is 17.4 Å². The lowest BCUT2D eigenvalue weighted by Gasteiger charge is -2.02. The van der Waals surface area contributed by atoms with Gasteiger partial charge in [-0.3, -0.25) is 4.79 Å². The Balaban J connectivity index is 3.32. The molecular weight excluding hydrogens is 205 g/mol. The van der Waals surface area contributed by atoms with E-state index in [2.05, 4.69) is 0 Å². The zero-order valence-corrected chi connectivity index (χ0v) is 8.23. The van der Waals surface area contributed by atoms with Gasteiger partial charge in [-0.25, -0.2) is 4.39 Å². The first-order chi connectivity index (χ1) is 6.60. The highest BCUT2D eigenvalue weighted by atomic mass is 35.5. The summed E-state index contributed by atoms with van der Waals surface area (Å²) in [6.45, 7) is 1.49. The van der Waals surface area contributed by atoms with E-state index in [1.54, 1.807) is 0 Å². The Kier molecular flexibility index (Phi) is 3.21. The van der Waals surface area contributed by atoms with E-state index >= 15 is 0 Å². The molecule has 0 N–H and O–H groups in total. The molecule has 0 aliphatic carbocycles. The highest BCUT2D eigenvalue weighted by Crippen LogP contribution is 2.15. The molecule has 0 fully saturated rings. The van der Waals surface area contributed by atoms with E-state index in [-0.39, 0.29) is 28.4 Å². The number of ketones is 1. The maximum atomic E-state index is 13.2. The number of nitrogens with zero attached hydrogens (tertiary/aromatic N) is 1. The number of nitriles is 1. The summed E-state index contributed by atoms with van der Waals surface area (Å²) >= 11 is 5.32. The van der Waals surface area contributed by atoms with Gasteiger partial charge in [0.25, 0.3) is 0 Å². The Bertz CT molecular complexity index is 423. The normalized spacial score (nSPS) is 9.57. The molecule has 0 bridgehead atoms. The molecule has 0 amide bonds. The second-order valence-electron chi connectivity index (χ2n) is 2.80. The van der Waals surface area contributed by atoms with Crippen LogP contribution in [0.5, 0.6) is 0 Å². The third-order valence-electron chi connectivity index (χ3n) is 1.91. The average molecular weight is 212 g/mol. The van der Waals surface area contributed by atoms with Crippen molar-refractivity contribution in [1.29, 1.82) is 5.26 Å². The summed E-state index contributed by atoms with van der Waals surface area (Å²) in [5, 5.41) is 8.66. The van der Waals surface area contributed by atoms with Gasteiger partial charge in [-0.2, -0.15) is 5.26 Å². The van der Waals surface area contributed by atoms with Crippen molar-refractivity contribution in [2.24, 2.45) is 0 Å². The van der Waals surface area contributed by atoms with Gasteiger partial charge in [-0.15, -0.1) is 11.6 Å². The van der Waals surface area contributed by atoms with Crippen LogP contribution in [0.3, 0.4) is 0 Å². The molecule has 1 aromatic rings. The highest BCUT2D eigenvalue weighted by molar-refractivity contribution is 6.30. The number of hydrogen-bond donors (Lipinski definition) is 0. The van der Waals surface area contributed by atoms with Crippen LogP contribution >= 0.6 is 11.6 Å². The molecule has 0 saturated carbocycles. The maximum Gasteiger partial charge on any atom is 0.177 e. The van der Waals surface area contributed by atoms with E-state index in [0.717, 1.165) is 6.07 Å². The molecule has 0 heterocycles. The van der Waals surface area contributed by atoms with E-state index in [0.29, 0.717) is 0 Å². The number of halogens is 2. The first kappa shape index (κ1) is 10.7. The molecule has 2 nitrogen and oxygen atoms in total. The minimum absolute atomic E-state index is 0.139. The van der Waals surface area contributed by atoms with Crippen LogP contribution in [0.4, 0.5) is 4.39 Å². The van der Waals surface area contributed by atoms with Crippen LogP contribution in [0.15, 0.2) is 12.1 Å². The Morgan fingerprint density at radius 3 is 2.79 bits per heavy atom. The SMILES string of the molecule is Cc1c(F)cc(C(=O)CCl)cc1C#N. The molecule has 14 heavy (non-hydrogen) atoms. The smallest absolute Gasteiger partial charge is 0.177 e. The largest absolute Gasteiger partial charge is 0.293 e. The van der Waals surface area contributed by atoms with E-state index in [9.17, 15) is 9.18 Å². The minimum atomic E-state index is -0.558. The lowest BCUT2D eigenvalue weighted by molar-refractivity contribution is 0.102. The zero-order chi connectivity index (χ0) is 10.7. The molecule has 0 atom stereocenters. The number of carbonyl (C=O) groups excluding carboxylic acids is 1. The van der Waals surface area contributed by atoms with Crippen LogP contribution in [0.25, 0.3) is 0 Å². The van der Waals surface area contributed by atoms with Crippen molar-refractivity contribution < 1.29 is 9.18 Å². The molecule has 0 spiro atoms. The van der Waals surface area contributed by atoms with Gasteiger partial charge in [0.05, 0.1) is 17.5 Å². The number of alkyl halides is 1. The Labute approximate surface area is 85.9 Å². The van der Waals surface area contributed by atoms with Crippen LogP contribution in [0.1, 0.15) is 21.5 Å². The summed E-state index contributed by atoms with van der Waals surface area (Å²) in [7, 11) is 0. The third kappa shape index (κ3) is 1.91. The predicted molar refractivity (Wildman–Crippen MR) is 50.9 cm³/mol. The Morgan fingerprint density at radius 1 is 1.64 bits per heavy atom. The van der Waals surface area contributed by atoms with Crippen LogP contribution in [0, 0.1) is 24.1 Å². The van der Waals surface area contributed by atoms with Crippen LogP contribution in [-0.2, 0) is 0 Å². The second kappa shape index (κ2) is 4.21. The number of hydrogen-bond acceptors (Lipinski definition) is 2. The standard InChI is InChI=1S/C10H7ClFNO/c1-6-8(5-13)2-7(3-9(6)12)10(14)4-11/h2-3H,4H2,1H3. The van der Waals surface area contributed by atoms with Crippen molar-refractivity contribution in [3.8, 4) is 6.07 Å². The van der Waals surface area contributed by atoms with Crippen molar-refractivity contribution in [3.63, 3.8) is 0 Å². The molecule has 0 saturated heterocycles. The quantitative estimate of drug-likeness (QED) is 0.557. The number of rotatable bonds is 2. The fraction of sp³-hybridized carbons (Fsp3) is 0.200. The summed E-state index contributed by atoms with van der Waals surface area (Å²) in [4.78, 5) is 11.1. The topological polar surface area (TPSA) is 40.9 Å². The van der Waals surface area contributed by atoms with Gasteiger partial charge in [0, 0.05) is 11.1 Å². The van der Waals surface area contributed by atoms with Gasteiger partial charge in [0.1, 0.15) is 5.82 Å². The number of benzene rings is 1. The van der Waals surface area contributed by atoms with Crippen molar-refractivity contribution in [1.82, 2.24) is 0 Å². The molecule has 0 radical (unpaired) electrons. The van der Waals surface area contributed by atoms with Crippen molar-refractivity contribution in [2.45, 2.75) is 6.92 Å². The third-order valence-corrected chi connectivity index (χ3v) is 2.15. The van der Waals surface area contributed by atoms with Crippen molar-refractivity contribution in [2.75, 3.05) is 5.88 Å². The van der Waals surface area contributed by atoms with E-state index < -0.39 is 5.82 Å². The highest BCUT2D eigenvalue weighted by Gasteiger charge is 2.11. The first-order valence-electron chi connectivity index (χ1n) is 3.89. The molecule has 0 aliphatic heterocycles. The first-order valence-corrected chi connectivity index (χ1v) is 4.43. The zero-order valence-electron chi connectivity index (χ0n) is 7.47. The molecular formula is C10H7ClFNO. The summed E-state index contributed by atoms with van der Waals surface area (Å²) in [5.41, 5.74) is 0.553. The monoisotopic (exact) mass is 211 g/mol. The molecule has 1 aromatic carbocycles. The molecule has 0 aromatic heterocycles. The van der Waals surface area contributed by atoms with Gasteiger partial charge in [0.15, 0.2) is 5.78 Å². The van der Waals surface area contributed by atoms with Crippen molar-refractivity contribution in [3.05, 3.63) is 34.6 Å². The van der Waals surface area contributed by atoms with Crippen LogP contribution < -0.4 is 0 Å². The fourth-order valence-corrected chi connectivity index (χ4v) is 1.19. The van der Waals surface area contributed by atoms with Gasteiger partial charge in [-0.05, 0) is 19.1 Å². The summed E-state index contributed by atoms with van der Waals surface area (Å²) < 4.78 is 13.2. The Morgan fingerprint density at radius 2 is 2.29 bits per heavy atom. The predicted octanol–water partition coefficient (Wildman–Crippen LogP) is 2.43. The van der Waals surface area contributed by atoms with Crippen LogP contribution in [-0.4, -0.2) is 11.7 Å². The fourth-order valence-electron chi connectivity index (χ4n) is 1.03. The van der Waals surface area contributed by atoms with E-state index in [1.807, 2.05) is 6.07 Å². The lowest BCUT2D eigenvalue weighted by Crippen LogP contribution is -2.03. The molecule has 4 heteroatoms. The second-order valence-corrected chi connectivity index (χ2v) is 3.07. The number of carbonyl (C=O) groups is 1. The molecule has 0 aliphatic rings. The Hall–Kier alpha value is -1.40. The van der Waals surface area contributed by atoms with Gasteiger partial charge < -0.3 is 0 Å². The number of Topliss-reactive ketones (excluding diaryl/α,β-unsaturated/α-hetero) is 1. The van der Waals surface area contributed by atoms with Gasteiger partial charge >= 0.3 is 0 Å². The summed E-state index contributed by atoms with van der Waals surface area (Å²) in [6.07, 6.45) is 0. The minimum Gasteiger partial charge on any atom is -0.293 e. The van der Waals surface area contributed by atoms with E-state index in [1.165, 1.54) is 13.0 Å². The lowest BCUT2D eigenvalue weighted by atomic mass is 10.0. The molecule has 0 unspecified atom stereocenters. The van der Waals surface area contributed by atoms with E-state index in [4.69, 9.17) is 16.9 Å². The maximum absolute atomic E-state index is 13.2. The average Bonchev–Trinajstić information content (AvgIpc) is 2.20. The molecule has 1 rings (SSSR count). The molecule has 72 valence electrons.